The van der Waals surface area contributed by atoms with Crippen LogP contribution in [-0.2, 0) is 9.53 Å². The number of fused-ring (bicyclic) bond motifs is 1. The summed E-state index contributed by atoms with van der Waals surface area (Å²) >= 11 is 0. The minimum atomic E-state index is -0.381. The molecule has 0 radical (unpaired) electrons. The zero-order chi connectivity index (χ0) is 22.0. The van der Waals surface area contributed by atoms with Crippen LogP contribution in [0.2, 0.25) is 0 Å². The molecule has 2 aromatic carbocycles. The molecule has 2 atom stereocenters. The second kappa shape index (κ2) is 8.54. The first-order valence-electron chi connectivity index (χ1n) is 10.1. The Labute approximate surface area is 180 Å². The van der Waals surface area contributed by atoms with Crippen LogP contribution >= 0.6 is 0 Å². The molecule has 2 aromatic rings. The van der Waals surface area contributed by atoms with Gasteiger partial charge in [0.1, 0.15) is 17.5 Å². The van der Waals surface area contributed by atoms with Crippen molar-refractivity contribution in [1.82, 2.24) is 10.2 Å². The molecular formula is C24H22N4O3. The zero-order valence-electron chi connectivity index (χ0n) is 17.3. The molecule has 2 aliphatic heterocycles. The number of nitrogens with one attached hydrogen (secondary N) is 1. The van der Waals surface area contributed by atoms with E-state index in [0.29, 0.717) is 35.6 Å². The lowest BCUT2D eigenvalue weighted by Crippen LogP contribution is -2.48. The van der Waals surface area contributed by atoms with Crippen LogP contribution in [0.25, 0.3) is 5.70 Å². The van der Waals surface area contributed by atoms with Gasteiger partial charge in [-0.05, 0) is 26.0 Å². The standard InChI is InChI=1S/C24H22N4O3/c1-15-13-28(14-16(2)31-15)24(30)20(12-25)21-18-10-6-7-11-19(18)22(26-21)27-23(29)17-8-4-3-5-9-17/h3-11,15-16H,13-14H2,1-2H3,(H,26,27,29)/b21-20-/t15-,16-/m0/s1. The van der Waals surface area contributed by atoms with Crippen LogP contribution in [0, 0.1) is 11.3 Å². The highest BCUT2D eigenvalue weighted by Gasteiger charge is 2.32. The number of amidine groups is 1. The molecule has 7 heteroatoms. The lowest BCUT2D eigenvalue weighted by atomic mass is 10.0. The van der Waals surface area contributed by atoms with E-state index in [-0.39, 0.29) is 35.3 Å². The molecule has 156 valence electrons. The number of ether oxygens (including phenoxy) is 1. The van der Waals surface area contributed by atoms with Gasteiger partial charge in [0.05, 0.1) is 17.9 Å². The third kappa shape index (κ3) is 4.11. The number of hydrogen-bond donors (Lipinski definition) is 1. The molecule has 2 aliphatic rings. The van der Waals surface area contributed by atoms with E-state index in [9.17, 15) is 14.9 Å². The van der Waals surface area contributed by atoms with Crippen molar-refractivity contribution in [2.24, 2.45) is 4.99 Å². The second-order valence-corrected chi connectivity index (χ2v) is 7.63. The van der Waals surface area contributed by atoms with E-state index in [1.54, 1.807) is 35.2 Å². The first-order valence-corrected chi connectivity index (χ1v) is 10.1. The van der Waals surface area contributed by atoms with E-state index in [4.69, 9.17) is 4.74 Å². The third-order valence-electron chi connectivity index (χ3n) is 5.20. The Balaban J connectivity index is 1.70. The molecule has 0 aliphatic carbocycles. The summed E-state index contributed by atoms with van der Waals surface area (Å²) < 4.78 is 5.70. The van der Waals surface area contributed by atoms with Crippen molar-refractivity contribution < 1.29 is 14.3 Å². The van der Waals surface area contributed by atoms with Gasteiger partial charge in [0.15, 0.2) is 0 Å². The van der Waals surface area contributed by atoms with E-state index < -0.39 is 0 Å². The SMILES string of the molecule is C[C@H]1CN(C(=O)/C(C#N)=C2\N=C(NC(=O)c3ccccc3)c3ccccc32)C[C@H](C)O1. The number of benzene rings is 2. The quantitative estimate of drug-likeness (QED) is 0.604. The topological polar surface area (TPSA) is 94.8 Å². The Morgan fingerprint density at radius 1 is 1.03 bits per heavy atom. The van der Waals surface area contributed by atoms with Crippen molar-refractivity contribution in [3.05, 3.63) is 76.9 Å². The van der Waals surface area contributed by atoms with Crippen LogP contribution in [0.3, 0.4) is 0 Å². The number of nitriles is 1. The Kier molecular flexibility index (Phi) is 5.65. The maximum absolute atomic E-state index is 13.2. The minimum Gasteiger partial charge on any atom is -0.372 e. The Bertz CT molecular complexity index is 1120. The molecule has 1 saturated heterocycles. The molecule has 7 nitrogen and oxygen atoms in total. The lowest BCUT2D eigenvalue weighted by molar-refractivity contribution is -0.138. The molecule has 0 bridgehead atoms. The van der Waals surface area contributed by atoms with Gasteiger partial charge in [-0.1, -0.05) is 42.5 Å². The fraction of sp³-hybridized carbons (Fsp3) is 0.250. The van der Waals surface area contributed by atoms with Crippen LogP contribution in [0.1, 0.15) is 35.3 Å². The predicted molar refractivity (Wildman–Crippen MR) is 116 cm³/mol. The summed E-state index contributed by atoms with van der Waals surface area (Å²) in [5.74, 6) is -0.367. The maximum Gasteiger partial charge on any atom is 0.266 e. The Hall–Kier alpha value is -3.76. The van der Waals surface area contributed by atoms with E-state index in [1.165, 1.54) is 0 Å². The number of rotatable bonds is 2. The highest BCUT2D eigenvalue weighted by atomic mass is 16.5. The van der Waals surface area contributed by atoms with Crippen LogP contribution in [0.4, 0.5) is 0 Å². The molecule has 0 unspecified atom stereocenters. The number of morpholine rings is 1. The summed E-state index contributed by atoms with van der Waals surface area (Å²) in [5, 5.41) is 12.7. The van der Waals surface area contributed by atoms with Crippen LogP contribution < -0.4 is 5.32 Å². The van der Waals surface area contributed by atoms with Gasteiger partial charge in [0.25, 0.3) is 11.8 Å². The molecule has 31 heavy (non-hydrogen) atoms. The fourth-order valence-corrected chi connectivity index (χ4v) is 3.89. The van der Waals surface area contributed by atoms with E-state index in [1.807, 2.05) is 44.2 Å². The third-order valence-corrected chi connectivity index (χ3v) is 5.20. The summed E-state index contributed by atoms with van der Waals surface area (Å²) in [4.78, 5) is 32.0. The summed E-state index contributed by atoms with van der Waals surface area (Å²) in [7, 11) is 0. The molecule has 0 aromatic heterocycles. The Morgan fingerprint density at radius 2 is 1.65 bits per heavy atom. The van der Waals surface area contributed by atoms with E-state index in [0.717, 1.165) is 0 Å². The van der Waals surface area contributed by atoms with Gasteiger partial charge >= 0.3 is 0 Å². The number of carbonyl (C=O) groups is 2. The Morgan fingerprint density at radius 3 is 2.29 bits per heavy atom. The molecule has 0 saturated carbocycles. The molecule has 1 fully saturated rings. The molecule has 4 rings (SSSR count). The molecule has 1 N–H and O–H groups in total. The molecule has 0 spiro atoms. The van der Waals surface area contributed by atoms with Gasteiger partial charge in [-0.3, -0.25) is 9.59 Å². The second-order valence-electron chi connectivity index (χ2n) is 7.63. The van der Waals surface area contributed by atoms with Gasteiger partial charge in [0.2, 0.25) is 0 Å². The van der Waals surface area contributed by atoms with E-state index in [2.05, 4.69) is 10.3 Å². The predicted octanol–water partition coefficient (Wildman–Crippen LogP) is 2.75. The zero-order valence-corrected chi connectivity index (χ0v) is 17.3. The van der Waals surface area contributed by atoms with Gasteiger partial charge in [-0.25, -0.2) is 4.99 Å². The average Bonchev–Trinajstić information content (AvgIpc) is 3.12. The smallest absolute Gasteiger partial charge is 0.266 e. The lowest BCUT2D eigenvalue weighted by Gasteiger charge is -2.35. The summed E-state index contributed by atoms with van der Waals surface area (Å²) in [6.45, 7) is 4.61. The van der Waals surface area contributed by atoms with Gasteiger partial charge in [-0.2, -0.15) is 5.26 Å². The largest absolute Gasteiger partial charge is 0.372 e. The first-order chi connectivity index (χ1) is 15.0. The van der Waals surface area contributed by atoms with Crippen molar-refractivity contribution >= 4 is 23.3 Å². The molecule has 2 heterocycles. The van der Waals surface area contributed by atoms with Crippen molar-refractivity contribution in [3.63, 3.8) is 0 Å². The number of nitrogens with zero attached hydrogens (tertiary/aromatic N) is 3. The maximum atomic E-state index is 13.2. The van der Waals surface area contributed by atoms with Gasteiger partial charge < -0.3 is 15.0 Å². The van der Waals surface area contributed by atoms with Crippen LogP contribution in [-0.4, -0.2) is 47.8 Å². The van der Waals surface area contributed by atoms with Crippen molar-refractivity contribution in [2.75, 3.05) is 13.1 Å². The normalized spacial score (nSPS) is 21.6. The number of aliphatic imine (C=N–C) groups is 1. The highest BCUT2D eigenvalue weighted by Crippen LogP contribution is 2.31. The average molecular weight is 414 g/mol. The monoisotopic (exact) mass is 414 g/mol. The van der Waals surface area contributed by atoms with Crippen LogP contribution in [0.15, 0.2) is 65.2 Å². The van der Waals surface area contributed by atoms with E-state index >= 15 is 0 Å². The number of hydrogen-bond acceptors (Lipinski definition) is 5. The molecular weight excluding hydrogens is 392 g/mol. The van der Waals surface area contributed by atoms with Crippen molar-refractivity contribution in [1.29, 1.82) is 5.26 Å². The number of carbonyl (C=O) groups excluding carboxylic acids is 2. The van der Waals surface area contributed by atoms with Crippen molar-refractivity contribution in [2.45, 2.75) is 26.1 Å². The van der Waals surface area contributed by atoms with Crippen LogP contribution in [0.5, 0.6) is 0 Å². The number of amides is 2. The van der Waals surface area contributed by atoms with Crippen molar-refractivity contribution in [3.8, 4) is 6.07 Å². The fourth-order valence-electron chi connectivity index (χ4n) is 3.89. The van der Waals surface area contributed by atoms with Gasteiger partial charge in [0, 0.05) is 29.8 Å². The summed E-state index contributed by atoms with van der Waals surface area (Å²) in [6, 6.07) is 18.1. The minimum absolute atomic E-state index is 0.0438. The molecule has 2 amide bonds. The highest BCUT2D eigenvalue weighted by molar-refractivity contribution is 6.20. The summed E-state index contributed by atoms with van der Waals surface area (Å²) in [6.07, 6.45) is -0.226. The van der Waals surface area contributed by atoms with Gasteiger partial charge in [-0.15, -0.1) is 0 Å². The first kappa shape index (κ1) is 20.5. The summed E-state index contributed by atoms with van der Waals surface area (Å²) in [5.41, 5.74) is 2.04.